The summed E-state index contributed by atoms with van der Waals surface area (Å²) in [4.78, 5) is 27.2. The summed E-state index contributed by atoms with van der Waals surface area (Å²) in [6, 6.07) is 16.0. The summed E-state index contributed by atoms with van der Waals surface area (Å²) in [7, 11) is 1.70. The number of rotatable bonds is 1. The SMILES string of the molecule is CN1C(=O)CN(C(=O)Oc2ccccc2)c2ccccc21. The third-order valence-electron chi connectivity index (χ3n) is 3.37. The molecule has 106 valence electrons. The number of fused-ring (bicyclic) bond motifs is 1. The maximum Gasteiger partial charge on any atom is 0.420 e. The lowest BCUT2D eigenvalue weighted by Crippen LogP contribution is -2.47. The van der Waals surface area contributed by atoms with Gasteiger partial charge in [0.15, 0.2) is 0 Å². The van der Waals surface area contributed by atoms with Crippen LogP contribution in [0.5, 0.6) is 5.75 Å². The van der Waals surface area contributed by atoms with Gasteiger partial charge in [-0.05, 0) is 24.3 Å². The number of nitrogens with zero attached hydrogens (tertiary/aromatic N) is 2. The first-order valence-electron chi connectivity index (χ1n) is 6.57. The molecule has 0 spiro atoms. The summed E-state index contributed by atoms with van der Waals surface area (Å²) in [5.41, 5.74) is 1.36. The van der Waals surface area contributed by atoms with E-state index in [-0.39, 0.29) is 12.5 Å². The van der Waals surface area contributed by atoms with Crippen molar-refractivity contribution in [1.82, 2.24) is 0 Å². The van der Waals surface area contributed by atoms with Crippen molar-refractivity contribution in [2.45, 2.75) is 0 Å². The standard InChI is InChI=1S/C16H14N2O3/c1-17-13-9-5-6-10-14(13)18(11-15(17)19)16(20)21-12-7-3-2-4-8-12/h2-10H,11H2,1H3. The Kier molecular flexibility index (Phi) is 3.31. The summed E-state index contributed by atoms with van der Waals surface area (Å²) in [6.07, 6.45) is -0.560. The molecule has 1 aliphatic rings. The van der Waals surface area contributed by atoms with Crippen LogP contribution in [0.25, 0.3) is 0 Å². The van der Waals surface area contributed by atoms with Gasteiger partial charge in [-0.2, -0.15) is 0 Å². The number of anilines is 2. The van der Waals surface area contributed by atoms with Crippen LogP contribution < -0.4 is 14.5 Å². The van der Waals surface area contributed by atoms with Crippen molar-refractivity contribution in [1.29, 1.82) is 0 Å². The molecule has 2 aromatic carbocycles. The van der Waals surface area contributed by atoms with E-state index in [1.54, 1.807) is 48.3 Å². The summed E-state index contributed by atoms with van der Waals surface area (Å²) in [5, 5.41) is 0. The summed E-state index contributed by atoms with van der Waals surface area (Å²) in [5.74, 6) is 0.296. The molecule has 21 heavy (non-hydrogen) atoms. The van der Waals surface area contributed by atoms with Crippen LogP contribution in [0.4, 0.5) is 16.2 Å². The predicted molar refractivity (Wildman–Crippen MR) is 79.7 cm³/mol. The molecular formula is C16H14N2O3. The van der Waals surface area contributed by atoms with Gasteiger partial charge in [-0.3, -0.25) is 9.69 Å². The van der Waals surface area contributed by atoms with E-state index in [9.17, 15) is 9.59 Å². The van der Waals surface area contributed by atoms with E-state index in [1.807, 2.05) is 18.2 Å². The lowest BCUT2D eigenvalue weighted by atomic mass is 10.2. The molecule has 0 unspecified atom stereocenters. The summed E-state index contributed by atoms with van der Waals surface area (Å²) in [6.45, 7) is -0.0286. The smallest absolute Gasteiger partial charge is 0.410 e. The highest BCUT2D eigenvalue weighted by atomic mass is 16.6. The minimum absolute atomic E-state index is 0.0286. The molecule has 0 aromatic heterocycles. The molecule has 2 aromatic rings. The van der Waals surface area contributed by atoms with Gasteiger partial charge >= 0.3 is 6.09 Å². The Balaban J connectivity index is 1.90. The van der Waals surface area contributed by atoms with Crippen molar-refractivity contribution in [2.75, 3.05) is 23.4 Å². The Morgan fingerprint density at radius 3 is 2.33 bits per heavy atom. The number of likely N-dealkylation sites (N-methyl/N-ethyl adjacent to an activating group) is 1. The average molecular weight is 282 g/mol. The highest BCUT2D eigenvalue weighted by molar-refractivity contribution is 6.09. The summed E-state index contributed by atoms with van der Waals surface area (Å²) < 4.78 is 5.31. The molecule has 1 aliphatic heterocycles. The fourth-order valence-corrected chi connectivity index (χ4v) is 2.24. The monoisotopic (exact) mass is 282 g/mol. The molecule has 0 saturated carbocycles. The van der Waals surface area contributed by atoms with Gasteiger partial charge in [-0.15, -0.1) is 0 Å². The fraction of sp³-hybridized carbons (Fsp3) is 0.125. The van der Waals surface area contributed by atoms with Gasteiger partial charge in [0.2, 0.25) is 5.91 Å². The number of hydrogen-bond donors (Lipinski definition) is 0. The third-order valence-corrected chi connectivity index (χ3v) is 3.37. The van der Waals surface area contributed by atoms with Crippen LogP contribution in [0.1, 0.15) is 0 Å². The van der Waals surface area contributed by atoms with Gasteiger partial charge in [-0.1, -0.05) is 30.3 Å². The second-order valence-corrected chi connectivity index (χ2v) is 4.71. The van der Waals surface area contributed by atoms with E-state index in [4.69, 9.17) is 4.74 Å². The van der Waals surface area contributed by atoms with Crippen LogP contribution in [0.3, 0.4) is 0 Å². The molecule has 5 nitrogen and oxygen atoms in total. The van der Waals surface area contributed by atoms with Crippen LogP contribution >= 0.6 is 0 Å². The van der Waals surface area contributed by atoms with Crippen LogP contribution in [0.15, 0.2) is 54.6 Å². The lowest BCUT2D eigenvalue weighted by Gasteiger charge is -2.33. The highest BCUT2D eigenvalue weighted by Crippen LogP contribution is 2.32. The van der Waals surface area contributed by atoms with Crippen molar-refractivity contribution in [3.63, 3.8) is 0 Å². The first-order chi connectivity index (χ1) is 10.2. The van der Waals surface area contributed by atoms with Crippen molar-refractivity contribution >= 4 is 23.4 Å². The zero-order chi connectivity index (χ0) is 14.8. The normalized spacial score (nSPS) is 13.9. The molecule has 0 fully saturated rings. The van der Waals surface area contributed by atoms with E-state index < -0.39 is 6.09 Å². The molecule has 5 heteroatoms. The number of benzene rings is 2. The van der Waals surface area contributed by atoms with Crippen molar-refractivity contribution in [2.24, 2.45) is 0 Å². The van der Waals surface area contributed by atoms with Gasteiger partial charge < -0.3 is 9.64 Å². The minimum Gasteiger partial charge on any atom is -0.410 e. The van der Waals surface area contributed by atoms with Gasteiger partial charge in [0.05, 0.1) is 11.4 Å². The van der Waals surface area contributed by atoms with Crippen molar-refractivity contribution < 1.29 is 14.3 Å². The van der Waals surface area contributed by atoms with Crippen LogP contribution in [-0.4, -0.2) is 25.6 Å². The van der Waals surface area contributed by atoms with E-state index in [1.165, 1.54) is 4.90 Å². The van der Waals surface area contributed by atoms with Crippen LogP contribution in [-0.2, 0) is 4.79 Å². The molecular weight excluding hydrogens is 268 g/mol. The Labute approximate surface area is 122 Å². The molecule has 3 rings (SSSR count). The zero-order valence-electron chi connectivity index (χ0n) is 11.5. The zero-order valence-corrected chi connectivity index (χ0v) is 11.5. The Morgan fingerprint density at radius 2 is 1.62 bits per heavy atom. The Hall–Kier alpha value is -2.82. The maximum atomic E-state index is 12.3. The van der Waals surface area contributed by atoms with Gasteiger partial charge in [0.25, 0.3) is 0 Å². The van der Waals surface area contributed by atoms with E-state index in [0.717, 1.165) is 0 Å². The molecule has 0 bridgehead atoms. The molecule has 0 atom stereocenters. The van der Waals surface area contributed by atoms with Crippen molar-refractivity contribution in [3.05, 3.63) is 54.6 Å². The highest BCUT2D eigenvalue weighted by Gasteiger charge is 2.31. The molecule has 0 saturated heterocycles. The average Bonchev–Trinajstić information content (AvgIpc) is 2.52. The van der Waals surface area contributed by atoms with E-state index in [2.05, 4.69) is 0 Å². The van der Waals surface area contributed by atoms with Crippen LogP contribution in [0, 0.1) is 0 Å². The molecule has 2 amide bonds. The van der Waals surface area contributed by atoms with E-state index >= 15 is 0 Å². The molecule has 0 aliphatic carbocycles. The van der Waals surface area contributed by atoms with Gasteiger partial charge in [-0.25, -0.2) is 4.79 Å². The largest absolute Gasteiger partial charge is 0.420 e. The van der Waals surface area contributed by atoms with E-state index in [0.29, 0.717) is 17.1 Å². The predicted octanol–water partition coefficient (Wildman–Crippen LogP) is 2.67. The number of ether oxygens (including phenoxy) is 1. The van der Waals surface area contributed by atoms with Gasteiger partial charge in [0.1, 0.15) is 12.3 Å². The number of carbonyl (C=O) groups is 2. The molecule has 1 heterocycles. The second-order valence-electron chi connectivity index (χ2n) is 4.71. The number of hydrogen-bond acceptors (Lipinski definition) is 3. The lowest BCUT2D eigenvalue weighted by molar-refractivity contribution is -0.117. The van der Waals surface area contributed by atoms with Crippen molar-refractivity contribution in [3.8, 4) is 5.75 Å². The fourth-order valence-electron chi connectivity index (χ4n) is 2.24. The quantitative estimate of drug-likeness (QED) is 0.808. The number of para-hydroxylation sites is 3. The minimum atomic E-state index is -0.560. The third kappa shape index (κ3) is 2.45. The van der Waals surface area contributed by atoms with Gasteiger partial charge in [0, 0.05) is 7.05 Å². The van der Waals surface area contributed by atoms with Crippen LogP contribution in [0.2, 0.25) is 0 Å². The Morgan fingerprint density at radius 1 is 1.00 bits per heavy atom. The molecule has 0 N–H and O–H groups in total. The number of carbonyl (C=O) groups excluding carboxylic acids is 2. The first-order valence-corrected chi connectivity index (χ1v) is 6.57. The maximum absolute atomic E-state index is 12.3. The first kappa shape index (κ1) is 13.2. The second kappa shape index (κ2) is 5.28. The topological polar surface area (TPSA) is 49.9 Å². The molecule has 0 radical (unpaired) electrons. The Bertz CT molecular complexity index is 685. The number of amides is 2. The summed E-state index contributed by atoms with van der Waals surface area (Å²) >= 11 is 0.